The number of rotatable bonds is 3. The predicted molar refractivity (Wildman–Crippen MR) is 60.1 cm³/mol. The number of carbonyl (C=O) groups excluding carboxylic acids is 1. The zero-order chi connectivity index (χ0) is 12.3. The molecule has 1 heterocycles. The van der Waals surface area contributed by atoms with Crippen molar-refractivity contribution >= 4 is 5.97 Å². The van der Waals surface area contributed by atoms with E-state index in [1.165, 1.54) is 6.42 Å². The van der Waals surface area contributed by atoms with Crippen LogP contribution in [0.25, 0.3) is 0 Å². The van der Waals surface area contributed by atoms with E-state index in [1.807, 2.05) is 0 Å². The quantitative estimate of drug-likeness (QED) is 0.757. The first kappa shape index (κ1) is 12.1. The van der Waals surface area contributed by atoms with Gasteiger partial charge in [-0.3, -0.25) is 4.79 Å². The second kappa shape index (κ2) is 5.29. The standard InChI is InChI=1S/C12H18N2O3/c1-8(11-13-9(2)14-17-11)16-12(15)10-6-4-3-5-7-10/h8,10H,3-7H2,1-2H3. The van der Waals surface area contributed by atoms with Gasteiger partial charge in [0.05, 0.1) is 5.92 Å². The van der Waals surface area contributed by atoms with Crippen LogP contribution in [0.5, 0.6) is 0 Å². The summed E-state index contributed by atoms with van der Waals surface area (Å²) in [7, 11) is 0. The summed E-state index contributed by atoms with van der Waals surface area (Å²) in [6, 6.07) is 0. The Morgan fingerprint density at radius 3 is 2.71 bits per heavy atom. The second-order valence-corrected chi connectivity index (χ2v) is 4.59. The van der Waals surface area contributed by atoms with Gasteiger partial charge >= 0.3 is 5.97 Å². The van der Waals surface area contributed by atoms with Gasteiger partial charge < -0.3 is 9.26 Å². The zero-order valence-electron chi connectivity index (χ0n) is 10.3. The third-order valence-corrected chi connectivity index (χ3v) is 3.12. The molecule has 2 rings (SSSR count). The van der Waals surface area contributed by atoms with Crippen molar-refractivity contribution < 1.29 is 14.1 Å². The third-order valence-electron chi connectivity index (χ3n) is 3.12. The largest absolute Gasteiger partial charge is 0.452 e. The van der Waals surface area contributed by atoms with Crippen LogP contribution in [0.2, 0.25) is 0 Å². The van der Waals surface area contributed by atoms with Gasteiger partial charge in [-0.15, -0.1) is 0 Å². The lowest BCUT2D eigenvalue weighted by Crippen LogP contribution is -2.21. The van der Waals surface area contributed by atoms with Crippen molar-refractivity contribution in [3.8, 4) is 0 Å². The SMILES string of the molecule is Cc1noc(C(C)OC(=O)C2CCCCC2)n1. The molecule has 5 heteroatoms. The number of ether oxygens (including phenoxy) is 1. The van der Waals surface area contributed by atoms with Crippen molar-refractivity contribution in [2.24, 2.45) is 5.92 Å². The number of aromatic nitrogens is 2. The molecule has 5 nitrogen and oxygen atoms in total. The molecule has 1 aliphatic rings. The van der Waals surface area contributed by atoms with Gasteiger partial charge in [0.1, 0.15) is 0 Å². The van der Waals surface area contributed by atoms with Crippen molar-refractivity contribution in [2.45, 2.75) is 52.1 Å². The minimum Gasteiger partial charge on any atom is -0.452 e. The van der Waals surface area contributed by atoms with E-state index in [1.54, 1.807) is 13.8 Å². The zero-order valence-corrected chi connectivity index (χ0v) is 10.3. The summed E-state index contributed by atoms with van der Waals surface area (Å²) < 4.78 is 10.3. The summed E-state index contributed by atoms with van der Waals surface area (Å²) in [6.45, 7) is 3.50. The highest BCUT2D eigenvalue weighted by Gasteiger charge is 2.26. The van der Waals surface area contributed by atoms with E-state index in [0.717, 1.165) is 25.7 Å². The van der Waals surface area contributed by atoms with Crippen LogP contribution >= 0.6 is 0 Å². The van der Waals surface area contributed by atoms with Gasteiger partial charge in [-0.2, -0.15) is 4.98 Å². The molecule has 0 aromatic carbocycles. The van der Waals surface area contributed by atoms with Gasteiger partial charge in [-0.1, -0.05) is 24.4 Å². The van der Waals surface area contributed by atoms with Crippen LogP contribution in [-0.2, 0) is 9.53 Å². The summed E-state index contributed by atoms with van der Waals surface area (Å²) in [4.78, 5) is 15.9. The van der Waals surface area contributed by atoms with E-state index in [2.05, 4.69) is 10.1 Å². The molecule has 0 saturated heterocycles. The molecule has 1 aromatic rings. The predicted octanol–water partition coefficient (Wildman–Crippen LogP) is 2.56. The molecule has 0 aliphatic heterocycles. The molecule has 1 aromatic heterocycles. The first-order valence-electron chi connectivity index (χ1n) is 6.17. The summed E-state index contributed by atoms with van der Waals surface area (Å²) >= 11 is 0. The minimum absolute atomic E-state index is 0.0511. The van der Waals surface area contributed by atoms with Gasteiger partial charge in [0.25, 0.3) is 5.89 Å². The van der Waals surface area contributed by atoms with Crippen LogP contribution in [0.1, 0.15) is 56.8 Å². The number of aryl methyl sites for hydroxylation is 1. The summed E-state index contributed by atoms with van der Waals surface area (Å²) in [5.74, 6) is 0.843. The molecule has 1 aliphatic carbocycles. The highest BCUT2D eigenvalue weighted by Crippen LogP contribution is 2.26. The van der Waals surface area contributed by atoms with E-state index in [-0.39, 0.29) is 11.9 Å². The Bertz CT molecular complexity index is 383. The molecule has 0 amide bonds. The Morgan fingerprint density at radius 2 is 2.12 bits per heavy atom. The maximum absolute atomic E-state index is 11.9. The van der Waals surface area contributed by atoms with Crippen molar-refractivity contribution in [3.05, 3.63) is 11.7 Å². The van der Waals surface area contributed by atoms with E-state index in [0.29, 0.717) is 11.7 Å². The number of hydrogen-bond acceptors (Lipinski definition) is 5. The first-order valence-corrected chi connectivity index (χ1v) is 6.17. The van der Waals surface area contributed by atoms with Crippen LogP contribution in [0.3, 0.4) is 0 Å². The van der Waals surface area contributed by atoms with Gasteiger partial charge in [-0.25, -0.2) is 0 Å². The number of esters is 1. The lowest BCUT2D eigenvalue weighted by molar-refractivity contribution is -0.156. The highest BCUT2D eigenvalue weighted by atomic mass is 16.6. The van der Waals surface area contributed by atoms with Gasteiger partial charge in [0.15, 0.2) is 11.9 Å². The molecular weight excluding hydrogens is 220 g/mol. The minimum atomic E-state index is -0.453. The van der Waals surface area contributed by atoms with Gasteiger partial charge in [0.2, 0.25) is 0 Å². The fourth-order valence-electron chi connectivity index (χ4n) is 2.14. The summed E-state index contributed by atoms with van der Waals surface area (Å²) in [5, 5.41) is 3.68. The van der Waals surface area contributed by atoms with Crippen LogP contribution < -0.4 is 0 Å². The molecule has 17 heavy (non-hydrogen) atoms. The van der Waals surface area contributed by atoms with Crippen molar-refractivity contribution in [3.63, 3.8) is 0 Å². The Balaban J connectivity index is 1.89. The van der Waals surface area contributed by atoms with Crippen molar-refractivity contribution in [1.29, 1.82) is 0 Å². The fraction of sp³-hybridized carbons (Fsp3) is 0.750. The fourth-order valence-corrected chi connectivity index (χ4v) is 2.14. The molecule has 0 bridgehead atoms. The van der Waals surface area contributed by atoms with E-state index >= 15 is 0 Å². The maximum Gasteiger partial charge on any atom is 0.309 e. The third kappa shape index (κ3) is 3.05. The molecule has 1 fully saturated rings. The van der Waals surface area contributed by atoms with Gasteiger partial charge in [0, 0.05) is 0 Å². The molecular formula is C12H18N2O3. The molecule has 0 N–H and O–H groups in total. The van der Waals surface area contributed by atoms with Crippen molar-refractivity contribution in [1.82, 2.24) is 10.1 Å². The summed E-state index contributed by atoms with van der Waals surface area (Å²) in [5.41, 5.74) is 0. The Hall–Kier alpha value is -1.39. The van der Waals surface area contributed by atoms with Crippen molar-refractivity contribution in [2.75, 3.05) is 0 Å². The average molecular weight is 238 g/mol. The van der Waals surface area contributed by atoms with E-state index in [9.17, 15) is 4.79 Å². The topological polar surface area (TPSA) is 65.2 Å². The summed E-state index contributed by atoms with van der Waals surface area (Å²) in [6.07, 6.45) is 4.89. The highest BCUT2D eigenvalue weighted by molar-refractivity contribution is 5.72. The molecule has 0 spiro atoms. The Morgan fingerprint density at radius 1 is 1.41 bits per heavy atom. The van der Waals surface area contributed by atoms with E-state index in [4.69, 9.17) is 9.26 Å². The monoisotopic (exact) mass is 238 g/mol. The average Bonchev–Trinajstić information content (AvgIpc) is 2.77. The maximum atomic E-state index is 11.9. The smallest absolute Gasteiger partial charge is 0.309 e. The van der Waals surface area contributed by atoms with Crippen LogP contribution in [0.4, 0.5) is 0 Å². The number of carbonyl (C=O) groups is 1. The van der Waals surface area contributed by atoms with E-state index < -0.39 is 6.10 Å². The lowest BCUT2D eigenvalue weighted by atomic mass is 9.89. The Labute approximate surface area is 101 Å². The molecule has 1 atom stereocenters. The second-order valence-electron chi connectivity index (χ2n) is 4.59. The van der Waals surface area contributed by atoms with Gasteiger partial charge in [-0.05, 0) is 26.7 Å². The lowest BCUT2D eigenvalue weighted by Gasteiger charge is -2.21. The van der Waals surface area contributed by atoms with Crippen LogP contribution in [0, 0.1) is 12.8 Å². The Kier molecular flexibility index (Phi) is 3.76. The molecule has 0 radical (unpaired) electrons. The molecule has 1 unspecified atom stereocenters. The normalized spacial score (nSPS) is 18.9. The molecule has 94 valence electrons. The number of nitrogens with zero attached hydrogens (tertiary/aromatic N) is 2. The number of hydrogen-bond donors (Lipinski definition) is 0. The first-order chi connectivity index (χ1) is 8.16. The molecule has 1 saturated carbocycles. The van der Waals surface area contributed by atoms with Crippen LogP contribution in [0.15, 0.2) is 4.52 Å². The van der Waals surface area contributed by atoms with Crippen LogP contribution in [-0.4, -0.2) is 16.1 Å².